The van der Waals surface area contributed by atoms with Crippen LogP contribution >= 0.6 is 0 Å². The van der Waals surface area contributed by atoms with E-state index in [1.54, 1.807) is 17.0 Å². The van der Waals surface area contributed by atoms with Crippen LogP contribution in [0.1, 0.15) is 11.1 Å². The largest absolute Gasteiger partial charge is 0.337 e. The molecule has 2 amide bonds. The number of piperazine rings is 1. The Morgan fingerprint density at radius 2 is 1.63 bits per heavy atom. The summed E-state index contributed by atoms with van der Waals surface area (Å²) in [7, 11) is 1.85. The zero-order chi connectivity index (χ0) is 21.5. The quantitative estimate of drug-likeness (QED) is 0.573. The number of carbonyl (C=O) groups excluding carboxylic acids is 2. The van der Waals surface area contributed by atoms with E-state index in [4.69, 9.17) is 0 Å². The van der Waals surface area contributed by atoms with Gasteiger partial charge in [0, 0.05) is 19.3 Å². The molecule has 6 nitrogen and oxygen atoms in total. The van der Waals surface area contributed by atoms with Gasteiger partial charge in [0.1, 0.15) is 32.0 Å². The first-order valence-corrected chi connectivity index (χ1v) is 10.4. The molecule has 1 saturated heterocycles. The van der Waals surface area contributed by atoms with Crippen LogP contribution in [0.5, 0.6) is 0 Å². The molecule has 0 bridgehead atoms. The van der Waals surface area contributed by atoms with Gasteiger partial charge in [-0.1, -0.05) is 35.9 Å². The first-order chi connectivity index (χ1) is 14.4. The summed E-state index contributed by atoms with van der Waals surface area (Å²) in [5.41, 5.74) is 2.82. The highest BCUT2D eigenvalue weighted by molar-refractivity contribution is 5.91. The van der Waals surface area contributed by atoms with Crippen molar-refractivity contribution >= 4 is 17.5 Å². The molecule has 1 heterocycles. The molecule has 1 aliphatic rings. The number of rotatable bonds is 7. The van der Waals surface area contributed by atoms with Gasteiger partial charge in [0.2, 0.25) is 0 Å². The van der Waals surface area contributed by atoms with Crippen molar-refractivity contribution in [2.75, 3.05) is 51.6 Å². The van der Waals surface area contributed by atoms with Gasteiger partial charge in [0.15, 0.2) is 13.1 Å². The van der Waals surface area contributed by atoms with E-state index in [9.17, 15) is 14.0 Å². The summed E-state index contributed by atoms with van der Waals surface area (Å²) < 4.78 is 13.2. The molecule has 3 rings (SSSR count). The second-order valence-electron chi connectivity index (χ2n) is 8.15. The molecule has 0 saturated carbocycles. The van der Waals surface area contributed by atoms with Crippen LogP contribution in [0.15, 0.2) is 48.5 Å². The minimum Gasteiger partial charge on any atom is -0.337 e. The molecular formula is C23H31FN4O2+2. The van der Waals surface area contributed by atoms with Gasteiger partial charge in [-0.05, 0) is 30.7 Å². The van der Waals surface area contributed by atoms with Crippen LogP contribution in [0.2, 0.25) is 0 Å². The molecular weight excluding hydrogens is 383 g/mol. The maximum absolute atomic E-state index is 13.2. The third kappa shape index (κ3) is 6.64. The minimum atomic E-state index is -0.366. The van der Waals surface area contributed by atoms with Gasteiger partial charge < -0.3 is 20.0 Å². The summed E-state index contributed by atoms with van der Waals surface area (Å²) in [6.07, 6.45) is 0. The Kier molecular flexibility index (Phi) is 7.54. The predicted molar refractivity (Wildman–Crippen MR) is 114 cm³/mol. The van der Waals surface area contributed by atoms with Crippen molar-refractivity contribution in [2.24, 2.45) is 0 Å². The van der Waals surface area contributed by atoms with Gasteiger partial charge in [0.25, 0.3) is 11.8 Å². The van der Waals surface area contributed by atoms with E-state index in [0.717, 1.165) is 31.7 Å². The van der Waals surface area contributed by atoms with E-state index in [0.29, 0.717) is 25.3 Å². The van der Waals surface area contributed by atoms with Gasteiger partial charge >= 0.3 is 0 Å². The monoisotopic (exact) mass is 414 g/mol. The highest BCUT2D eigenvalue weighted by atomic mass is 19.1. The molecule has 0 unspecified atom stereocenters. The normalized spacial score (nSPS) is 18.6. The molecule has 160 valence electrons. The summed E-state index contributed by atoms with van der Waals surface area (Å²) in [6.45, 7) is 6.87. The first kappa shape index (κ1) is 21.9. The maximum Gasteiger partial charge on any atom is 0.279 e. The fraction of sp³-hybridized carbons (Fsp3) is 0.391. The van der Waals surface area contributed by atoms with Crippen molar-refractivity contribution in [1.29, 1.82) is 0 Å². The summed E-state index contributed by atoms with van der Waals surface area (Å²) in [5, 5.41) is 2.75. The zero-order valence-electron chi connectivity index (χ0n) is 17.7. The lowest BCUT2D eigenvalue weighted by Gasteiger charge is -2.30. The highest BCUT2D eigenvalue weighted by Crippen LogP contribution is 2.08. The number of amides is 2. The molecule has 0 aromatic heterocycles. The lowest BCUT2D eigenvalue weighted by Crippen LogP contribution is -3.28. The fourth-order valence-corrected chi connectivity index (χ4v) is 3.71. The molecule has 1 aliphatic heterocycles. The van der Waals surface area contributed by atoms with Crippen LogP contribution in [-0.2, 0) is 16.1 Å². The molecule has 2 aromatic rings. The summed E-state index contributed by atoms with van der Waals surface area (Å²) >= 11 is 0. The zero-order valence-corrected chi connectivity index (χ0v) is 17.7. The van der Waals surface area contributed by atoms with E-state index in [1.807, 2.05) is 7.05 Å². The average molecular weight is 415 g/mol. The number of nitrogens with zero attached hydrogens (tertiary/aromatic N) is 1. The van der Waals surface area contributed by atoms with E-state index in [2.05, 4.69) is 36.5 Å². The predicted octanol–water partition coefficient (Wildman–Crippen LogP) is -0.485. The molecule has 3 N–H and O–H groups in total. The second-order valence-corrected chi connectivity index (χ2v) is 8.15. The third-order valence-corrected chi connectivity index (χ3v) is 5.55. The molecule has 0 radical (unpaired) electrons. The molecule has 1 fully saturated rings. The number of quaternary nitrogens is 2. The van der Waals surface area contributed by atoms with Gasteiger partial charge in [-0.15, -0.1) is 0 Å². The Bertz CT molecular complexity index is 864. The minimum absolute atomic E-state index is 0.118. The van der Waals surface area contributed by atoms with Crippen molar-refractivity contribution in [3.63, 3.8) is 0 Å². The summed E-state index contributed by atoms with van der Waals surface area (Å²) in [6, 6.07) is 14.2. The molecule has 30 heavy (non-hydrogen) atoms. The van der Waals surface area contributed by atoms with Crippen LogP contribution in [-0.4, -0.2) is 63.0 Å². The van der Waals surface area contributed by atoms with E-state index in [1.165, 1.54) is 27.5 Å². The average Bonchev–Trinajstić information content (AvgIpc) is 2.71. The Balaban J connectivity index is 1.38. The number of halogens is 1. The molecule has 7 heteroatoms. The summed E-state index contributed by atoms with van der Waals surface area (Å²) in [5.74, 6) is -0.347. The third-order valence-electron chi connectivity index (χ3n) is 5.55. The van der Waals surface area contributed by atoms with Crippen LogP contribution < -0.4 is 15.1 Å². The molecule has 0 spiro atoms. The molecule has 0 aliphatic carbocycles. The SMILES string of the molecule is Cc1ccc(CN(C)C(=O)C[NH+]2CC[NH+](CC(=O)Nc3cccc(F)c3)CC2)cc1. The standard InChI is InChI=1S/C23H29FN4O2/c1-18-6-8-19(9-7-18)15-26(2)23(30)17-28-12-10-27(11-13-28)16-22(29)25-21-5-3-4-20(24)14-21/h3-9,14H,10-13,15-17H2,1-2H3,(H,25,29)/p+2. The van der Waals surface area contributed by atoms with Gasteiger partial charge in [0.05, 0.1) is 0 Å². The second kappa shape index (κ2) is 10.3. The topological polar surface area (TPSA) is 58.3 Å². The number of benzene rings is 2. The van der Waals surface area contributed by atoms with Crippen LogP contribution in [0.4, 0.5) is 10.1 Å². The van der Waals surface area contributed by atoms with E-state index in [-0.39, 0.29) is 17.6 Å². The molecule has 0 atom stereocenters. The number of aryl methyl sites for hydroxylation is 1. The fourth-order valence-electron chi connectivity index (χ4n) is 3.71. The van der Waals surface area contributed by atoms with E-state index >= 15 is 0 Å². The Hall–Kier alpha value is -2.77. The van der Waals surface area contributed by atoms with Crippen LogP contribution in [0, 0.1) is 12.7 Å². The number of hydrogen-bond acceptors (Lipinski definition) is 2. The number of nitrogens with one attached hydrogen (secondary N) is 3. The van der Waals surface area contributed by atoms with E-state index < -0.39 is 0 Å². The van der Waals surface area contributed by atoms with Crippen LogP contribution in [0.25, 0.3) is 0 Å². The number of likely N-dealkylation sites (N-methyl/N-ethyl adjacent to an activating group) is 1. The van der Waals surface area contributed by atoms with Gasteiger partial charge in [-0.3, -0.25) is 9.59 Å². The van der Waals surface area contributed by atoms with Crippen molar-refractivity contribution in [2.45, 2.75) is 13.5 Å². The van der Waals surface area contributed by atoms with Crippen LogP contribution in [0.3, 0.4) is 0 Å². The lowest BCUT2D eigenvalue weighted by atomic mass is 10.1. The van der Waals surface area contributed by atoms with Crippen molar-refractivity contribution in [1.82, 2.24) is 4.90 Å². The van der Waals surface area contributed by atoms with Gasteiger partial charge in [-0.2, -0.15) is 0 Å². The Morgan fingerprint density at radius 3 is 2.27 bits per heavy atom. The van der Waals surface area contributed by atoms with Crippen molar-refractivity contribution in [3.8, 4) is 0 Å². The smallest absolute Gasteiger partial charge is 0.279 e. The first-order valence-electron chi connectivity index (χ1n) is 10.4. The Morgan fingerprint density at radius 1 is 1.00 bits per heavy atom. The van der Waals surface area contributed by atoms with Crippen molar-refractivity contribution < 1.29 is 23.8 Å². The highest BCUT2D eigenvalue weighted by Gasteiger charge is 2.27. The Labute approximate surface area is 177 Å². The van der Waals surface area contributed by atoms with Crippen molar-refractivity contribution in [3.05, 3.63) is 65.5 Å². The molecule has 2 aromatic carbocycles. The number of anilines is 1. The number of hydrogen-bond donors (Lipinski definition) is 3. The number of carbonyl (C=O) groups is 2. The van der Waals surface area contributed by atoms with Gasteiger partial charge in [-0.25, -0.2) is 4.39 Å². The summed E-state index contributed by atoms with van der Waals surface area (Å²) in [4.78, 5) is 29.0. The maximum atomic E-state index is 13.2. The lowest BCUT2D eigenvalue weighted by molar-refractivity contribution is -1.00.